The highest BCUT2D eigenvalue weighted by atomic mass is 28.3. The van der Waals surface area contributed by atoms with Crippen molar-refractivity contribution in [1.82, 2.24) is 9.78 Å². The van der Waals surface area contributed by atoms with Crippen LogP contribution in [-0.4, -0.2) is 41.6 Å². The molecule has 8 nitrogen and oxygen atoms in total. The zero-order chi connectivity index (χ0) is 22.4. The topological polar surface area (TPSA) is 103 Å². The molecule has 1 amide bonds. The number of amides is 1. The van der Waals surface area contributed by atoms with E-state index in [9.17, 15) is 14.7 Å². The third-order valence-corrected chi connectivity index (χ3v) is 6.34. The fourth-order valence-electron chi connectivity index (χ4n) is 2.97. The van der Waals surface area contributed by atoms with Crippen molar-refractivity contribution in [2.75, 3.05) is 11.9 Å². The van der Waals surface area contributed by atoms with Crippen molar-refractivity contribution in [1.29, 1.82) is 0 Å². The average molecular weight is 442 g/mol. The molecule has 0 saturated heterocycles. The predicted octanol–water partition coefficient (Wildman–Crippen LogP) is 4.80. The summed E-state index contributed by atoms with van der Waals surface area (Å²) in [7, 11) is -1.21. The number of carbonyl (C=O) groups excluding carboxylic acids is 1. The Morgan fingerprint density at radius 2 is 1.90 bits per heavy atom. The molecule has 0 fully saturated rings. The van der Waals surface area contributed by atoms with Gasteiger partial charge in [-0.05, 0) is 23.7 Å². The second kappa shape index (κ2) is 9.76. The van der Waals surface area contributed by atoms with Crippen molar-refractivity contribution >= 4 is 36.7 Å². The normalized spacial score (nSPS) is 11.5. The highest BCUT2D eigenvalue weighted by Crippen LogP contribution is 2.25. The van der Waals surface area contributed by atoms with Crippen LogP contribution in [0.3, 0.4) is 0 Å². The molecular formula is C22H27N3O5Si. The maximum atomic E-state index is 12.1. The van der Waals surface area contributed by atoms with Crippen LogP contribution in [0.1, 0.15) is 15.9 Å². The number of nitrogens with one attached hydrogen (secondary N) is 1. The lowest BCUT2D eigenvalue weighted by atomic mass is 10.1. The van der Waals surface area contributed by atoms with Crippen LogP contribution in [0, 0.1) is 0 Å². The molecule has 0 bridgehead atoms. The number of aromatic carboxylic acids is 1. The number of hydrogen-bond donors (Lipinski definition) is 2. The van der Waals surface area contributed by atoms with Gasteiger partial charge in [0, 0.05) is 25.8 Å². The van der Waals surface area contributed by atoms with Crippen LogP contribution in [-0.2, 0) is 22.8 Å². The Bertz CT molecular complexity index is 1060. The zero-order valence-electron chi connectivity index (χ0n) is 17.9. The van der Waals surface area contributed by atoms with Crippen molar-refractivity contribution in [2.45, 2.75) is 39.0 Å². The van der Waals surface area contributed by atoms with E-state index >= 15 is 0 Å². The number of nitrogens with zero attached hydrogens (tertiary/aromatic N) is 2. The van der Waals surface area contributed by atoms with Gasteiger partial charge in [0.2, 0.25) is 0 Å². The molecule has 164 valence electrons. The fourth-order valence-corrected chi connectivity index (χ4v) is 3.73. The second-order valence-corrected chi connectivity index (χ2v) is 14.1. The van der Waals surface area contributed by atoms with Crippen LogP contribution in [0.25, 0.3) is 10.9 Å². The standard InChI is InChI=1S/C22H27N3O5Si/c1-31(2,3)10-9-29-15-25-20-17(13-23-25)11-18(12-19(20)21(26)27)24-22(28)30-14-16-7-5-4-6-8-16/h4-8,11-13H,9-10,14-15H2,1-3H3,(H,24,28)(H,26,27). The summed E-state index contributed by atoms with van der Waals surface area (Å²) in [6.45, 7) is 7.69. The Kier molecular flexibility index (Phi) is 7.08. The Hall–Kier alpha value is -3.17. The van der Waals surface area contributed by atoms with Gasteiger partial charge in [-0.3, -0.25) is 5.32 Å². The maximum absolute atomic E-state index is 12.1. The number of anilines is 1. The van der Waals surface area contributed by atoms with Gasteiger partial charge in [-0.25, -0.2) is 14.3 Å². The van der Waals surface area contributed by atoms with E-state index in [0.717, 1.165) is 11.6 Å². The Balaban J connectivity index is 1.71. The van der Waals surface area contributed by atoms with E-state index in [2.05, 4.69) is 30.1 Å². The number of aromatic nitrogens is 2. The lowest BCUT2D eigenvalue weighted by Crippen LogP contribution is -2.22. The van der Waals surface area contributed by atoms with Crippen LogP contribution in [0.5, 0.6) is 0 Å². The predicted molar refractivity (Wildman–Crippen MR) is 121 cm³/mol. The van der Waals surface area contributed by atoms with Gasteiger partial charge in [0.25, 0.3) is 0 Å². The van der Waals surface area contributed by atoms with Crippen molar-refractivity contribution in [3.63, 3.8) is 0 Å². The van der Waals surface area contributed by atoms with E-state index in [1.165, 1.54) is 10.7 Å². The summed E-state index contributed by atoms with van der Waals surface area (Å²) < 4.78 is 12.5. The SMILES string of the molecule is C[Si](C)(C)CCOCn1ncc2cc(NC(=O)OCc3ccccc3)cc(C(=O)O)c21. The highest BCUT2D eigenvalue weighted by Gasteiger charge is 2.18. The number of benzene rings is 2. The van der Waals surface area contributed by atoms with Crippen LogP contribution in [0.2, 0.25) is 25.7 Å². The van der Waals surface area contributed by atoms with Crippen LogP contribution < -0.4 is 5.32 Å². The third kappa shape index (κ3) is 6.40. The number of carboxylic acid groups (broad SMARTS) is 1. The average Bonchev–Trinajstić information content (AvgIpc) is 3.12. The first-order valence-corrected chi connectivity index (χ1v) is 13.7. The first-order valence-electron chi connectivity index (χ1n) is 10.0. The van der Waals surface area contributed by atoms with Gasteiger partial charge in [0.1, 0.15) is 13.3 Å². The van der Waals surface area contributed by atoms with E-state index in [1.807, 2.05) is 30.3 Å². The fraction of sp³-hybridized carbons (Fsp3) is 0.318. The van der Waals surface area contributed by atoms with Crippen LogP contribution >= 0.6 is 0 Å². The van der Waals surface area contributed by atoms with Crippen molar-refractivity contribution < 1.29 is 24.2 Å². The summed E-state index contributed by atoms with van der Waals surface area (Å²) in [4.78, 5) is 24.0. The smallest absolute Gasteiger partial charge is 0.411 e. The summed E-state index contributed by atoms with van der Waals surface area (Å²) in [5.74, 6) is -1.12. The summed E-state index contributed by atoms with van der Waals surface area (Å²) in [6.07, 6.45) is 0.894. The molecule has 0 saturated carbocycles. The van der Waals surface area contributed by atoms with Gasteiger partial charge >= 0.3 is 12.1 Å². The molecule has 1 heterocycles. The molecule has 0 atom stereocenters. The highest BCUT2D eigenvalue weighted by molar-refractivity contribution is 6.76. The van der Waals surface area contributed by atoms with Crippen LogP contribution in [0.4, 0.5) is 10.5 Å². The molecule has 31 heavy (non-hydrogen) atoms. The molecule has 0 aliphatic heterocycles. The van der Waals surface area contributed by atoms with E-state index in [1.54, 1.807) is 12.3 Å². The molecule has 0 unspecified atom stereocenters. The van der Waals surface area contributed by atoms with Crippen LogP contribution in [0.15, 0.2) is 48.7 Å². The second-order valence-electron chi connectivity index (χ2n) is 8.45. The lowest BCUT2D eigenvalue weighted by molar-refractivity contribution is 0.0693. The van der Waals surface area contributed by atoms with Gasteiger partial charge in [-0.1, -0.05) is 50.0 Å². The number of fused-ring (bicyclic) bond motifs is 1. The zero-order valence-corrected chi connectivity index (χ0v) is 18.9. The molecule has 2 aromatic carbocycles. The third-order valence-electron chi connectivity index (χ3n) is 4.63. The quantitative estimate of drug-likeness (QED) is 0.365. The van der Waals surface area contributed by atoms with Crippen molar-refractivity contribution in [2.24, 2.45) is 0 Å². The Labute approximate surface area is 181 Å². The summed E-state index contributed by atoms with van der Waals surface area (Å²) in [6, 6.07) is 13.4. The van der Waals surface area contributed by atoms with E-state index in [0.29, 0.717) is 23.2 Å². The Morgan fingerprint density at radius 3 is 2.58 bits per heavy atom. The van der Waals surface area contributed by atoms with Crippen molar-refractivity contribution in [3.8, 4) is 0 Å². The van der Waals surface area contributed by atoms with E-state index < -0.39 is 20.1 Å². The minimum absolute atomic E-state index is 0.0298. The van der Waals surface area contributed by atoms with E-state index in [-0.39, 0.29) is 18.9 Å². The minimum Gasteiger partial charge on any atom is -0.478 e. The molecule has 0 aliphatic carbocycles. The molecule has 3 aromatic rings. The minimum atomic E-state index is -1.21. The first-order chi connectivity index (χ1) is 14.7. The van der Waals surface area contributed by atoms with E-state index in [4.69, 9.17) is 9.47 Å². The molecule has 1 aromatic heterocycles. The molecule has 3 rings (SSSR count). The van der Waals surface area contributed by atoms with Gasteiger partial charge < -0.3 is 14.6 Å². The molecule has 2 N–H and O–H groups in total. The van der Waals surface area contributed by atoms with Gasteiger partial charge in [0.05, 0.1) is 17.3 Å². The maximum Gasteiger partial charge on any atom is 0.411 e. The number of ether oxygens (including phenoxy) is 2. The monoisotopic (exact) mass is 441 g/mol. The van der Waals surface area contributed by atoms with Crippen molar-refractivity contribution in [3.05, 3.63) is 59.8 Å². The largest absolute Gasteiger partial charge is 0.478 e. The first kappa shape index (κ1) is 22.5. The molecule has 0 radical (unpaired) electrons. The number of hydrogen-bond acceptors (Lipinski definition) is 5. The molecule has 9 heteroatoms. The summed E-state index contributed by atoms with van der Waals surface area (Å²) >= 11 is 0. The summed E-state index contributed by atoms with van der Waals surface area (Å²) in [5, 5.41) is 17.1. The molecule has 0 aliphatic rings. The molecular weight excluding hydrogens is 414 g/mol. The van der Waals surface area contributed by atoms with Gasteiger partial charge in [-0.15, -0.1) is 0 Å². The van der Waals surface area contributed by atoms with Gasteiger partial charge in [-0.2, -0.15) is 5.10 Å². The Morgan fingerprint density at radius 1 is 1.16 bits per heavy atom. The lowest BCUT2D eigenvalue weighted by Gasteiger charge is -2.15. The summed E-state index contributed by atoms with van der Waals surface area (Å²) in [5.41, 5.74) is 1.66. The number of carboxylic acids is 1. The number of rotatable bonds is 9. The molecule has 0 spiro atoms. The van der Waals surface area contributed by atoms with Gasteiger partial charge in [0.15, 0.2) is 0 Å². The number of carbonyl (C=O) groups is 2.